The topological polar surface area (TPSA) is 72.2 Å². The SMILES string of the molecule is Cc1cc(N(C)C)nc(N2CCO[C@@H](Cn3nc(C)nc3C)C2)n1. The van der Waals surface area contributed by atoms with E-state index in [0.29, 0.717) is 13.2 Å². The van der Waals surface area contributed by atoms with E-state index in [1.54, 1.807) is 0 Å². The van der Waals surface area contributed by atoms with Gasteiger partial charge in [-0.15, -0.1) is 0 Å². The average Bonchev–Trinajstić information content (AvgIpc) is 2.84. The maximum Gasteiger partial charge on any atom is 0.227 e. The molecule has 1 aliphatic heterocycles. The molecular formula is C16H25N7O. The lowest BCUT2D eigenvalue weighted by molar-refractivity contribution is 0.0264. The van der Waals surface area contributed by atoms with E-state index in [9.17, 15) is 0 Å². The highest BCUT2D eigenvalue weighted by Crippen LogP contribution is 2.18. The van der Waals surface area contributed by atoms with Crippen LogP contribution in [0.1, 0.15) is 17.3 Å². The van der Waals surface area contributed by atoms with Crippen molar-refractivity contribution in [2.75, 3.05) is 43.6 Å². The van der Waals surface area contributed by atoms with Crippen molar-refractivity contribution >= 4 is 11.8 Å². The lowest BCUT2D eigenvalue weighted by Crippen LogP contribution is -2.45. The van der Waals surface area contributed by atoms with Gasteiger partial charge >= 0.3 is 0 Å². The maximum atomic E-state index is 5.91. The van der Waals surface area contributed by atoms with E-state index in [0.717, 1.165) is 42.2 Å². The summed E-state index contributed by atoms with van der Waals surface area (Å²) in [6, 6.07) is 1.99. The lowest BCUT2D eigenvalue weighted by Gasteiger charge is -2.33. The molecule has 0 bridgehead atoms. The first-order valence-corrected chi connectivity index (χ1v) is 8.20. The van der Waals surface area contributed by atoms with Gasteiger partial charge in [-0.1, -0.05) is 0 Å². The highest BCUT2D eigenvalue weighted by Gasteiger charge is 2.24. The Labute approximate surface area is 142 Å². The monoisotopic (exact) mass is 331 g/mol. The van der Waals surface area contributed by atoms with Gasteiger partial charge in [0.1, 0.15) is 17.5 Å². The standard InChI is InChI=1S/C16H25N7O/c1-11-8-15(21(4)5)19-16(17-11)22-6-7-24-14(9-22)10-23-13(3)18-12(2)20-23/h8,14H,6-7,9-10H2,1-5H3/t14-/m1/s1. The average molecular weight is 331 g/mol. The zero-order valence-corrected chi connectivity index (χ0v) is 15.0. The van der Waals surface area contributed by atoms with Crippen LogP contribution in [0.15, 0.2) is 6.07 Å². The molecule has 24 heavy (non-hydrogen) atoms. The van der Waals surface area contributed by atoms with Crippen LogP contribution in [0, 0.1) is 20.8 Å². The van der Waals surface area contributed by atoms with Crippen LogP contribution in [0.5, 0.6) is 0 Å². The van der Waals surface area contributed by atoms with Crippen molar-refractivity contribution in [3.63, 3.8) is 0 Å². The van der Waals surface area contributed by atoms with Gasteiger partial charge in [0.25, 0.3) is 0 Å². The molecule has 1 aliphatic rings. The number of ether oxygens (including phenoxy) is 1. The lowest BCUT2D eigenvalue weighted by atomic mass is 10.2. The fraction of sp³-hybridized carbons (Fsp3) is 0.625. The molecule has 1 fully saturated rings. The van der Waals surface area contributed by atoms with E-state index in [1.807, 2.05) is 50.5 Å². The molecule has 0 unspecified atom stereocenters. The van der Waals surface area contributed by atoms with Crippen molar-refractivity contribution in [1.82, 2.24) is 24.7 Å². The van der Waals surface area contributed by atoms with Gasteiger partial charge in [0.05, 0.1) is 19.3 Å². The van der Waals surface area contributed by atoms with Crippen LogP contribution in [-0.2, 0) is 11.3 Å². The summed E-state index contributed by atoms with van der Waals surface area (Å²) in [6.07, 6.45) is 0.0467. The van der Waals surface area contributed by atoms with Gasteiger partial charge in [0, 0.05) is 38.9 Å². The third-order valence-corrected chi connectivity index (χ3v) is 4.05. The van der Waals surface area contributed by atoms with Gasteiger partial charge in [-0.05, 0) is 20.8 Å². The normalized spacial score (nSPS) is 18.0. The number of aryl methyl sites for hydroxylation is 3. The smallest absolute Gasteiger partial charge is 0.227 e. The predicted molar refractivity (Wildman–Crippen MR) is 92.5 cm³/mol. The van der Waals surface area contributed by atoms with Crippen molar-refractivity contribution in [2.24, 2.45) is 0 Å². The molecule has 0 amide bonds. The molecule has 0 N–H and O–H groups in total. The second kappa shape index (κ2) is 6.72. The fourth-order valence-corrected chi connectivity index (χ4v) is 2.85. The van der Waals surface area contributed by atoms with Crippen molar-refractivity contribution in [2.45, 2.75) is 33.4 Å². The fourth-order valence-electron chi connectivity index (χ4n) is 2.85. The summed E-state index contributed by atoms with van der Waals surface area (Å²) < 4.78 is 7.82. The summed E-state index contributed by atoms with van der Waals surface area (Å²) in [6.45, 7) is 8.75. The summed E-state index contributed by atoms with van der Waals surface area (Å²) in [5.41, 5.74) is 0.967. The summed E-state index contributed by atoms with van der Waals surface area (Å²) >= 11 is 0. The molecule has 8 nitrogen and oxygen atoms in total. The number of anilines is 2. The zero-order valence-electron chi connectivity index (χ0n) is 15.0. The van der Waals surface area contributed by atoms with E-state index in [2.05, 4.69) is 25.0 Å². The summed E-state index contributed by atoms with van der Waals surface area (Å²) in [5, 5.41) is 4.42. The van der Waals surface area contributed by atoms with Gasteiger partial charge in [0.15, 0.2) is 0 Å². The van der Waals surface area contributed by atoms with Gasteiger partial charge in [-0.2, -0.15) is 10.1 Å². The predicted octanol–water partition coefficient (Wildman–Crippen LogP) is 0.965. The van der Waals surface area contributed by atoms with Crippen LogP contribution in [0.25, 0.3) is 0 Å². The van der Waals surface area contributed by atoms with Crippen molar-refractivity contribution in [3.8, 4) is 0 Å². The van der Waals surface area contributed by atoms with Crippen molar-refractivity contribution < 1.29 is 4.74 Å². The molecule has 1 atom stereocenters. The van der Waals surface area contributed by atoms with Crippen LogP contribution in [-0.4, -0.2) is 64.6 Å². The summed E-state index contributed by atoms with van der Waals surface area (Å²) in [4.78, 5) is 17.8. The Kier molecular flexibility index (Phi) is 4.66. The van der Waals surface area contributed by atoms with E-state index < -0.39 is 0 Å². The van der Waals surface area contributed by atoms with Crippen LogP contribution >= 0.6 is 0 Å². The van der Waals surface area contributed by atoms with Crippen LogP contribution in [0.2, 0.25) is 0 Å². The molecule has 3 rings (SSSR count). The molecule has 2 aromatic rings. The molecular weight excluding hydrogens is 306 g/mol. The van der Waals surface area contributed by atoms with E-state index in [-0.39, 0.29) is 6.10 Å². The molecule has 3 heterocycles. The Balaban J connectivity index is 1.75. The molecule has 0 radical (unpaired) electrons. The third-order valence-electron chi connectivity index (χ3n) is 4.05. The first kappa shape index (κ1) is 16.6. The Morgan fingerprint density at radius 1 is 1.21 bits per heavy atom. The Morgan fingerprint density at radius 3 is 2.67 bits per heavy atom. The molecule has 0 spiro atoms. The first-order valence-electron chi connectivity index (χ1n) is 8.20. The summed E-state index contributed by atoms with van der Waals surface area (Å²) in [7, 11) is 3.98. The first-order chi connectivity index (χ1) is 11.4. The van der Waals surface area contributed by atoms with Crippen LogP contribution < -0.4 is 9.80 Å². The molecule has 0 aromatic carbocycles. The third kappa shape index (κ3) is 3.64. The Bertz CT molecular complexity index is 712. The van der Waals surface area contributed by atoms with Gasteiger partial charge < -0.3 is 14.5 Å². The van der Waals surface area contributed by atoms with E-state index in [1.165, 1.54) is 0 Å². The number of hydrogen-bond donors (Lipinski definition) is 0. The van der Waals surface area contributed by atoms with Crippen molar-refractivity contribution in [1.29, 1.82) is 0 Å². The molecule has 1 saturated heterocycles. The minimum atomic E-state index is 0.0467. The van der Waals surface area contributed by atoms with Crippen LogP contribution in [0.4, 0.5) is 11.8 Å². The maximum absolute atomic E-state index is 5.91. The van der Waals surface area contributed by atoms with Crippen LogP contribution in [0.3, 0.4) is 0 Å². The summed E-state index contributed by atoms with van der Waals surface area (Å²) in [5.74, 6) is 3.38. The zero-order chi connectivity index (χ0) is 17.3. The Hall–Kier alpha value is -2.22. The second-order valence-corrected chi connectivity index (χ2v) is 6.39. The molecule has 130 valence electrons. The Morgan fingerprint density at radius 2 is 2.00 bits per heavy atom. The number of rotatable bonds is 4. The minimum Gasteiger partial charge on any atom is -0.373 e. The highest BCUT2D eigenvalue weighted by atomic mass is 16.5. The molecule has 2 aromatic heterocycles. The molecule has 0 saturated carbocycles. The van der Waals surface area contributed by atoms with E-state index in [4.69, 9.17) is 4.74 Å². The van der Waals surface area contributed by atoms with Gasteiger partial charge in [0.2, 0.25) is 5.95 Å². The highest BCUT2D eigenvalue weighted by molar-refractivity contribution is 5.45. The van der Waals surface area contributed by atoms with Gasteiger partial charge in [-0.25, -0.2) is 14.6 Å². The number of aromatic nitrogens is 5. The number of nitrogens with zero attached hydrogens (tertiary/aromatic N) is 7. The number of morpholine rings is 1. The second-order valence-electron chi connectivity index (χ2n) is 6.39. The number of hydrogen-bond acceptors (Lipinski definition) is 7. The van der Waals surface area contributed by atoms with Gasteiger partial charge in [-0.3, -0.25) is 0 Å². The molecule has 0 aliphatic carbocycles. The molecule has 8 heteroatoms. The quantitative estimate of drug-likeness (QED) is 0.826. The van der Waals surface area contributed by atoms with E-state index >= 15 is 0 Å². The van der Waals surface area contributed by atoms with Crippen molar-refractivity contribution in [3.05, 3.63) is 23.4 Å². The minimum absolute atomic E-state index is 0.0467. The largest absolute Gasteiger partial charge is 0.373 e.